The maximum absolute atomic E-state index is 11.9. The van der Waals surface area contributed by atoms with Crippen molar-refractivity contribution < 1.29 is 9.53 Å². The van der Waals surface area contributed by atoms with Crippen molar-refractivity contribution in [2.24, 2.45) is 0 Å². The normalized spacial score (nSPS) is 11.2. The van der Waals surface area contributed by atoms with Gasteiger partial charge in [0.25, 0.3) is 5.91 Å². The van der Waals surface area contributed by atoms with Gasteiger partial charge in [-0.3, -0.25) is 4.79 Å². The number of rotatable bonds is 4. The molecule has 1 aromatic rings. The minimum absolute atomic E-state index is 0.213. The fraction of sp³-hybridized carbons (Fsp3) is 0.455. The lowest BCUT2D eigenvalue weighted by atomic mass is 10.1. The predicted molar refractivity (Wildman–Crippen MR) is 65.4 cm³/mol. The Morgan fingerprint density at radius 3 is 2.88 bits per heavy atom. The Labute approximate surface area is 104 Å². The van der Waals surface area contributed by atoms with E-state index in [1.54, 1.807) is 25.4 Å². The molecule has 1 rings (SSSR count). The summed E-state index contributed by atoms with van der Waals surface area (Å²) in [7, 11) is 1.60. The van der Waals surface area contributed by atoms with Gasteiger partial charge in [-0.25, -0.2) is 4.98 Å². The fourth-order valence-electron chi connectivity index (χ4n) is 1.32. The first-order chi connectivity index (χ1) is 7.46. The lowest BCUT2D eigenvalue weighted by Crippen LogP contribution is -2.47. The van der Waals surface area contributed by atoms with E-state index in [-0.39, 0.29) is 5.91 Å². The van der Waals surface area contributed by atoms with Crippen molar-refractivity contribution in [3.05, 3.63) is 28.5 Å². The molecule has 16 heavy (non-hydrogen) atoms. The molecule has 0 aromatic carbocycles. The third-order valence-electron chi connectivity index (χ3n) is 1.93. The lowest BCUT2D eigenvalue weighted by Gasteiger charge is -2.25. The summed E-state index contributed by atoms with van der Waals surface area (Å²) >= 11 is 3.29. The van der Waals surface area contributed by atoms with Gasteiger partial charge in [0.05, 0.1) is 12.1 Å². The third kappa shape index (κ3) is 3.57. The minimum Gasteiger partial charge on any atom is -0.382 e. The average Bonchev–Trinajstić information content (AvgIpc) is 2.17. The van der Waals surface area contributed by atoms with Crippen LogP contribution in [0.3, 0.4) is 0 Å². The molecule has 0 spiro atoms. The number of aromatic nitrogens is 1. The zero-order valence-corrected chi connectivity index (χ0v) is 11.2. The van der Waals surface area contributed by atoms with Crippen LogP contribution in [0.4, 0.5) is 0 Å². The molecule has 0 radical (unpaired) electrons. The van der Waals surface area contributed by atoms with E-state index >= 15 is 0 Å². The number of pyridine rings is 1. The summed E-state index contributed by atoms with van der Waals surface area (Å²) in [6, 6.07) is 3.55. The summed E-state index contributed by atoms with van der Waals surface area (Å²) < 4.78 is 5.71. The molecular weight excluding hydrogens is 272 g/mol. The quantitative estimate of drug-likeness (QED) is 0.921. The number of hydrogen-bond donors (Lipinski definition) is 1. The number of carbonyl (C=O) groups is 1. The summed E-state index contributed by atoms with van der Waals surface area (Å²) in [5, 5.41) is 2.86. The molecule has 0 aliphatic carbocycles. The number of amides is 1. The molecule has 0 unspecified atom stereocenters. The summed E-state index contributed by atoms with van der Waals surface area (Å²) in [5.74, 6) is -0.213. The number of carbonyl (C=O) groups excluding carboxylic acids is 1. The SMILES string of the molecule is COCC(C)(C)NC(=O)c1ncccc1Br. The van der Waals surface area contributed by atoms with E-state index < -0.39 is 5.54 Å². The number of nitrogens with one attached hydrogen (secondary N) is 1. The number of ether oxygens (including phenoxy) is 1. The van der Waals surface area contributed by atoms with Gasteiger partial charge in [-0.15, -0.1) is 0 Å². The molecule has 0 atom stereocenters. The molecule has 88 valence electrons. The first kappa shape index (κ1) is 13.1. The highest BCUT2D eigenvalue weighted by Crippen LogP contribution is 2.14. The molecule has 0 aliphatic rings. The van der Waals surface area contributed by atoms with Crippen molar-refractivity contribution >= 4 is 21.8 Å². The van der Waals surface area contributed by atoms with E-state index in [2.05, 4.69) is 26.2 Å². The number of hydrogen-bond acceptors (Lipinski definition) is 3. The Bertz CT molecular complexity index is 380. The van der Waals surface area contributed by atoms with E-state index in [0.717, 1.165) is 0 Å². The summed E-state index contributed by atoms with van der Waals surface area (Å²) in [5.41, 5.74) is -0.0327. The highest BCUT2D eigenvalue weighted by Gasteiger charge is 2.22. The molecule has 4 nitrogen and oxygen atoms in total. The number of methoxy groups -OCH3 is 1. The molecule has 1 N–H and O–H groups in total. The second-order valence-corrected chi connectivity index (χ2v) is 4.96. The van der Waals surface area contributed by atoms with Crippen LogP contribution < -0.4 is 5.32 Å². The van der Waals surface area contributed by atoms with Crippen molar-refractivity contribution in [3.8, 4) is 0 Å². The van der Waals surface area contributed by atoms with Gasteiger partial charge in [0.1, 0.15) is 5.69 Å². The maximum Gasteiger partial charge on any atom is 0.271 e. The first-order valence-corrected chi connectivity index (χ1v) is 5.67. The van der Waals surface area contributed by atoms with E-state index in [1.165, 1.54) is 0 Å². The van der Waals surface area contributed by atoms with E-state index in [9.17, 15) is 4.79 Å². The molecule has 0 saturated heterocycles. The van der Waals surface area contributed by atoms with Crippen LogP contribution in [-0.2, 0) is 4.74 Å². The van der Waals surface area contributed by atoms with Gasteiger partial charge in [-0.2, -0.15) is 0 Å². The van der Waals surface area contributed by atoms with Crippen molar-refractivity contribution in [1.82, 2.24) is 10.3 Å². The highest BCUT2D eigenvalue weighted by molar-refractivity contribution is 9.10. The van der Waals surface area contributed by atoms with Gasteiger partial charge in [0, 0.05) is 17.8 Å². The first-order valence-electron chi connectivity index (χ1n) is 4.88. The third-order valence-corrected chi connectivity index (χ3v) is 2.57. The van der Waals surface area contributed by atoms with Crippen molar-refractivity contribution in [3.63, 3.8) is 0 Å². The Morgan fingerprint density at radius 2 is 2.31 bits per heavy atom. The molecular formula is C11H15BrN2O2. The monoisotopic (exact) mass is 286 g/mol. The topological polar surface area (TPSA) is 51.2 Å². The van der Waals surface area contributed by atoms with Crippen LogP contribution in [0.5, 0.6) is 0 Å². The van der Waals surface area contributed by atoms with Crippen LogP contribution in [0.2, 0.25) is 0 Å². The number of nitrogens with zero attached hydrogens (tertiary/aromatic N) is 1. The standard InChI is InChI=1S/C11H15BrN2O2/c1-11(2,7-16-3)14-10(15)9-8(12)5-4-6-13-9/h4-6H,7H2,1-3H3,(H,14,15). The molecule has 0 fully saturated rings. The van der Waals surface area contributed by atoms with Crippen LogP contribution >= 0.6 is 15.9 Å². The summed E-state index contributed by atoms with van der Waals surface area (Å²) in [4.78, 5) is 15.9. The van der Waals surface area contributed by atoms with Crippen molar-refractivity contribution in [1.29, 1.82) is 0 Å². The van der Waals surface area contributed by atoms with E-state index in [0.29, 0.717) is 16.8 Å². The van der Waals surface area contributed by atoms with E-state index in [1.807, 2.05) is 13.8 Å². The van der Waals surface area contributed by atoms with Crippen molar-refractivity contribution in [2.45, 2.75) is 19.4 Å². The molecule has 5 heteroatoms. The Kier molecular flexibility index (Phi) is 4.44. The smallest absolute Gasteiger partial charge is 0.271 e. The zero-order valence-electron chi connectivity index (χ0n) is 9.58. The molecule has 1 heterocycles. The summed E-state index contributed by atoms with van der Waals surface area (Å²) in [6.45, 7) is 4.24. The Hall–Kier alpha value is -0.940. The van der Waals surface area contributed by atoms with Crippen LogP contribution in [0, 0.1) is 0 Å². The van der Waals surface area contributed by atoms with Crippen molar-refractivity contribution in [2.75, 3.05) is 13.7 Å². The average molecular weight is 287 g/mol. The largest absolute Gasteiger partial charge is 0.382 e. The predicted octanol–water partition coefficient (Wildman–Crippen LogP) is 2.00. The van der Waals surface area contributed by atoms with Gasteiger partial charge < -0.3 is 10.1 Å². The Balaban J connectivity index is 2.77. The molecule has 0 saturated carbocycles. The second-order valence-electron chi connectivity index (χ2n) is 4.10. The van der Waals surface area contributed by atoms with Gasteiger partial charge >= 0.3 is 0 Å². The summed E-state index contributed by atoms with van der Waals surface area (Å²) in [6.07, 6.45) is 1.59. The van der Waals surface area contributed by atoms with Gasteiger partial charge in [0.2, 0.25) is 0 Å². The minimum atomic E-state index is -0.414. The molecule has 0 bridgehead atoms. The molecule has 1 amide bonds. The molecule has 0 aliphatic heterocycles. The lowest BCUT2D eigenvalue weighted by molar-refractivity contribution is 0.0814. The number of halogens is 1. The van der Waals surface area contributed by atoms with E-state index in [4.69, 9.17) is 4.74 Å². The van der Waals surface area contributed by atoms with Crippen LogP contribution in [0.15, 0.2) is 22.8 Å². The molecule has 1 aromatic heterocycles. The second kappa shape index (κ2) is 5.41. The van der Waals surface area contributed by atoms with Crippen LogP contribution in [-0.4, -0.2) is 30.1 Å². The van der Waals surface area contributed by atoms with Gasteiger partial charge in [-0.05, 0) is 41.9 Å². The van der Waals surface area contributed by atoms with Crippen LogP contribution in [0.1, 0.15) is 24.3 Å². The fourth-order valence-corrected chi connectivity index (χ4v) is 1.75. The highest BCUT2D eigenvalue weighted by atomic mass is 79.9. The van der Waals surface area contributed by atoms with Crippen LogP contribution in [0.25, 0.3) is 0 Å². The van der Waals surface area contributed by atoms with Gasteiger partial charge in [-0.1, -0.05) is 0 Å². The zero-order chi connectivity index (χ0) is 12.2. The maximum atomic E-state index is 11.9. The van der Waals surface area contributed by atoms with Gasteiger partial charge in [0.15, 0.2) is 0 Å². The Morgan fingerprint density at radius 1 is 1.62 bits per heavy atom.